The molecule has 1 aromatic carbocycles. The highest BCUT2D eigenvalue weighted by Gasteiger charge is 1.86. The SMILES string of the molecule is CC(O)C#CCc1ccccc1. The molecule has 0 saturated heterocycles. The van der Waals surface area contributed by atoms with Gasteiger partial charge in [0.1, 0.15) is 6.10 Å². The van der Waals surface area contributed by atoms with Crippen LogP contribution in [0.2, 0.25) is 0 Å². The van der Waals surface area contributed by atoms with E-state index >= 15 is 0 Å². The molecule has 1 aromatic rings. The Labute approximate surface area is 73.0 Å². The van der Waals surface area contributed by atoms with Crippen LogP contribution in [0.5, 0.6) is 0 Å². The fraction of sp³-hybridized carbons (Fsp3) is 0.273. The van der Waals surface area contributed by atoms with Crippen LogP contribution in [-0.2, 0) is 6.42 Å². The van der Waals surface area contributed by atoms with Gasteiger partial charge < -0.3 is 5.11 Å². The van der Waals surface area contributed by atoms with Crippen molar-refractivity contribution < 1.29 is 5.11 Å². The molecule has 0 saturated carbocycles. The van der Waals surface area contributed by atoms with E-state index in [1.54, 1.807) is 6.92 Å². The number of hydrogen-bond acceptors (Lipinski definition) is 1. The molecule has 12 heavy (non-hydrogen) atoms. The highest BCUT2D eigenvalue weighted by molar-refractivity contribution is 5.21. The van der Waals surface area contributed by atoms with Crippen molar-refractivity contribution in [2.75, 3.05) is 0 Å². The molecule has 1 nitrogen and oxygen atoms in total. The molecule has 0 aliphatic carbocycles. The van der Waals surface area contributed by atoms with Crippen molar-refractivity contribution in [2.45, 2.75) is 19.4 Å². The van der Waals surface area contributed by atoms with Gasteiger partial charge in [0, 0.05) is 6.42 Å². The Bertz CT molecular complexity index is 277. The van der Waals surface area contributed by atoms with Crippen LogP contribution in [0.25, 0.3) is 0 Å². The van der Waals surface area contributed by atoms with Crippen LogP contribution in [-0.4, -0.2) is 11.2 Å². The van der Waals surface area contributed by atoms with Crippen LogP contribution in [0.15, 0.2) is 30.3 Å². The van der Waals surface area contributed by atoms with Crippen LogP contribution in [0.3, 0.4) is 0 Å². The summed E-state index contributed by atoms with van der Waals surface area (Å²) in [6.07, 6.45) is 0.194. The van der Waals surface area contributed by atoms with Gasteiger partial charge in [0.2, 0.25) is 0 Å². The standard InChI is InChI=1S/C11H12O/c1-10(12)6-5-9-11-7-3-2-4-8-11/h2-4,7-8,10,12H,9H2,1H3. The van der Waals surface area contributed by atoms with Gasteiger partial charge in [-0.25, -0.2) is 0 Å². The van der Waals surface area contributed by atoms with Crippen molar-refractivity contribution in [2.24, 2.45) is 0 Å². The minimum absolute atomic E-state index is 0.520. The molecule has 62 valence electrons. The predicted molar refractivity (Wildman–Crippen MR) is 49.6 cm³/mol. The van der Waals surface area contributed by atoms with Crippen LogP contribution in [0.4, 0.5) is 0 Å². The van der Waals surface area contributed by atoms with E-state index in [4.69, 9.17) is 5.11 Å². The van der Waals surface area contributed by atoms with E-state index in [9.17, 15) is 0 Å². The number of hydrogen-bond donors (Lipinski definition) is 1. The molecule has 0 amide bonds. The van der Waals surface area contributed by atoms with Gasteiger partial charge in [-0.15, -0.1) is 0 Å². The van der Waals surface area contributed by atoms with Crippen LogP contribution in [0, 0.1) is 11.8 Å². The van der Waals surface area contributed by atoms with Gasteiger partial charge in [0.15, 0.2) is 0 Å². The smallest absolute Gasteiger partial charge is 0.111 e. The third kappa shape index (κ3) is 3.23. The zero-order valence-electron chi connectivity index (χ0n) is 7.12. The molecular weight excluding hydrogens is 148 g/mol. The van der Waals surface area contributed by atoms with Crippen molar-refractivity contribution in [3.8, 4) is 11.8 Å². The van der Waals surface area contributed by atoms with Gasteiger partial charge in [-0.3, -0.25) is 0 Å². The zero-order chi connectivity index (χ0) is 8.81. The maximum absolute atomic E-state index is 8.86. The Morgan fingerprint density at radius 2 is 2.00 bits per heavy atom. The highest BCUT2D eigenvalue weighted by Crippen LogP contribution is 1.97. The summed E-state index contributed by atoms with van der Waals surface area (Å²) in [5.74, 6) is 5.60. The van der Waals surface area contributed by atoms with Crippen molar-refractivity contribution >= 4 is 0 Å². The van der Waals surface area contributed by atoms with E-state index in [-0.39, 0.29) is 0 Å². The second-order valence-electron chi connectivity index (χ2n) is 2.66. The van der Waals surface area contributed by atoms with E-state index in [0.29, 0.717) is 6.42 Å². The first-order chi connectivity index (χ1) is 5.79. The Balaban J connectivity index is 2.51. The lowest BCUT2D eigenvalue weighted by molar-refractivity contribution is 0.253. The molecule has 0 aliphatic heterocycles. The van der Waals surface area contributed by atoms with Crippen LogP contribution < -0.4 is 0 Å². The summed E-state index contributed by atoms with van der Waals surface area (Å²) >= 11 is 0. The molecule has 0 heterocycles. The molecule has 0 aromatic heterocycles. The van der Waals surface area contributed by atoms with E-state index in [1.807, 2.05) is 30.3 Å². The maximum Gasteiger partial charge on any atom is 0.111 e. The molecular formula is C11H12O. The van der Waals surface area contributed by atoms with Gasteiger partial charge in [0.25, 0.3) is 0 Å². The largest absolute Gasteiger partial charge is 0.381 e. The lowest BCUT2D eigenvalue weighted by Crippen LogP contribution is -1.93. The molecule has 1 atom stereocenters. The number of aliphatic hydroxyl groups excluding tert-OH is 1. The first kappa shape index (κ1) is 8.83. The topological polar surface area (TPSA) is 20.2 Å². The molecule has 0 radical (unpaired) electrons. The van der Waals surface area contributed by atoms with E-state index < -0.39 is 6.10 Å². The summed E-state index contributed by atoms with van der Waals surface area (Å²) in [6, 6.07) is 10.00. The van der Waals surface area contributed by atoms with E-state index in [2.05, 4.69) is 11.8 Å². The maximum atomic E-state index is 8.86. The third-order valence-corrected chi connectivity index (χ3v) is 1.45. The summed E-state index contributed by atoms with van der Waals surface area (Å²) in [5, 5.41) is 8.86. The summed E-state index contributed by atoms with van der Waals surface area (Å²) < 4.78 is 0. The van der Waals surface area contributed by atoms with Gasteiger partial charge in [-0.05, 0) is 12.5 Å². The summed E-state index contributed by atoms with van der Waals surface area (Å²) in [6.45, 7) is 1.66. The van der Waals surface area contributed by atoms with Crippen LogP contribution in [0.1, 0.15) is 12.5 Å². The summed E-state index contributed by atoms with van der Waals surface area (Å²) in [4.78, 5) is 0. The second-order valence-corrected chi connectivity index (χ2v) is 2.66. The molecule has 1 rings (SSSR count). The highest BCUT2D eigenvalue weighted by atomic mass is 16.3. The average molecular weight is 160 g/mol. The molecule has 1 unspecified atom stereocenters. The Kier molecular flexibility index (Phi) is 3.37. The zero-order valence-corrected chi connectivity index (χ0v) is 7.12. The molecule has 0 bridgehead atoms. The summed E-state index contributed by atoms with van der Waals surface area (Å²) in [5.41, 5.74) is 1.19. The van der Waals surface area contributed by atoms with Crippen molar-refractivity contribution in [1.29, 1.82) is 0 Å². The fourth-order valence-corrected chi connectivity index (χ4v) is 0.897. The quantitative estimate of drug-likeness (QED) is 0.619. The van der Waals surface area contributed by atoms with Gasteiger partial charge in [-0.1, -0.05) is 42.2 Å². The van der Waals surface area contributed by atoms with E-state index in [1.165, 1.54) is 5.56 Å². The monoisotopic (exact) mass is 160 g/mol. The number of aliphatic hydroxyl groups is 1. The Morgan fingerprint density at radius 3 is 2.58 bits per heavy atom. The predicted octanol–water partition coefficient (Wildman–Crippen LogP) is 1.61. The summed E-state index contributed by atoms with van der Waals surface area (Å²) in [7, 11) is 0. The molecule has 0 spiro atoms. The lowest BCUT2D eigenvalue weighted by atomic mass is 10.1. The first-order valence-electron chi connectivity index (χ1n) is 3.99. The van der Waals surface area contributed by atoms with E-state index in [0.717, 1.165) is 0 Å². The lowest BCUT2D eigenvalue weighted by Gasteiger charge is -1.92. The Hall–Kier alpha value is -1.26. The minimum atomic E-state index is -0.520. The van der Waals surface area contributed by atoms with Gasteiger partial charge in [-0.2, -0.15) is 0 Å². The first-order valence-corrected chi connectivity index (χ1v) is 3.99. The molecule has 0 aliphatic rings. The molecule has 1 N–H and O–H groups in total. The van der Waals surface area contributed by atoms with Crippen molar-refractivity contribution in [3.05, 3.63) is 35.9 Å². The second kappa shape index (κ2) is 4.58. The minimum Gasteiger partial charge on any atom is -0.381 e. The van der Waals surface area contributed by atoms with Gasteiger partial charge >= 0.3 is 0 Å². The third-order valence-electron chi connectivity index (χ3n) is 1.45. The fourth-order valence-electron chi connectivity index (χ4n) is 0.897. The molecule has 1 heteroatoms. The van der Waals surface area contributed by atoms with Crippen molar-refractivity contribution in [3.63, 3.8) is 0 Å². The van der Waals surface area contributed by atoms with Crippen molar-refractivity contribution in [1.82, 2.24) is 0 Å². The van der Waals surface area contributed by atoms with Gasteiger partial charge in [0.05, 0.1) is 0 Å². The normalized spacial score (nSPS) is 11.5. The molecule has 0 fully saturated rings. The number of rotatable bonds is 1. The average Bonchev–Trinajstić information content (AvgIpc) is 2.05. The van der Waals surface area contributed by atoms with Crippen LogP contribution >= 0.6 is 0 Å². The Morgan fingerprint density at radius 1 is 1.33 bits per heavy atom. The number of benzene rings is 1.